The van der Waals surface area contributed by atoms with E-state index in [1.54, 1.807) is 11.0 Å². The lowest BCUT2D eigenvalue weighted by Gasteiger charge is -2.26. The molecule has 0 aliphatic carbocycles. The number of carbonyl (C=O) groups excluding carboxylic acids is 1. The van der Waals surface area contributed by atoms with E-state index in [0.29, 0.717) is 25.1 Å². The van der Waals surface area contributed by atoms with Gasteiger partial charge in [0.2, 0.25) is 11.7 Å². The molecule has 0 saturated carbocycles. The van der Waals surface area contributed by atoms with Crippen molar-refractivity contribution in [2.45, 2.75) is 25.8 Å². The molecule has 2 rings (SSSR count). The third kappa shape index (κ3) is 2.08. The molecule has 1 aliphatic rings. The highest BCUT2D eigenvalue weighted by Gasteiger charge is 2.22. The fourth-order valence-electron chi connectivity index (χ4n) is 1.88. The summed E-state index contributed by atoms with van der Waals surface area (Å²) in [6.07, 6.45) is 3.80. The van der Waals surface area contributed by atoms with Crippen molar-refractivity contribution < 1.29 is 19.1 Å². The van der Waals surface area contributed by atoms with E-state index in [9.17, 15) is 9.59 Å². The second-order valence-corrected chi connectivity index (χ2v) is 3.85. The van der Waals surface area contributed by atoms with Crippen LogP contribution in [0, 0.1) is 0 Å². The average molecular weight is 223 g/mol. The van der Waals surface area contributed by atoms with Crippen LogP contribution in [0.1, 0.15) is 35.4 Å². The Morgan fingerprint density at radius 2 is 2.31 bits per heavy atom. The van der Waals surface area contributed by atoms with Gasteiger partial charge in [0.1, 0.15) is 0 Å². The van der Waals surface area contributed by atoms with Crippen molar-refractivity contribution in [3.63, 3.8) is 0 Å². The molecule has 0 atom stereocenters. The van der Waals surface area contributed by atoms with E-state index in [-0.39, 0.29) is 11.7 Å². The Labute approximate surface area is 92.7 Å². The van der Waals surface area contributed by atoms with Crippen molar-refractivity contribution in [1.82, 2.24) is 4.90 Å². The number of aromatic carboxylic acids is 1. The molecule has 0 unspecified atom stereocenters. The predicted molar refractivity (Wildman–Crippen MR) is 54.9 cm³/mol. The molecule has 1 aliphatic heterocycles. The SMILES string of the molecule is O=C(O)c1occc1CN1CCCCC1=O. The normalized spacial score (nSPS) is 16.5. The van der Waals surface area contributed by atoms with Gasteiger partial charge in [-0.05, 0) is 18.9 Å². The van der Waals surface area contributed by atoms with Crippen LogP contribution in [0.4, 0.5) is 0 Å². The number of carboxylic acid groups (broad SMARTS) is 1. The van der Waals surface area contributed by atoms with Gasteiger partial charge in [0, 0.05) is 25.1 Å². The van der Waals surface area contributed by atoms with Gasteiger partial charge >= 0.3 is 5.97 Å². The maximum atomic E-state index is 11.5. The van der Waals surface area contributed by atoms with Gasteiger partial charge < -0.3 is 14.4 Å². The lowest BCUT2D eigenvalue weighted by atomic mass is 10.1. The summed E-state index contributed by atoms with van der Waals surface area (Å²) in [4.78, 5) is 24.0. The summed E-state index contributed by atoms with van der Waals surface area (Å²) in [5, 5.41) is 8.85. The van der Waals surface area contributed by atoms with Crippen LogP contribution in [0.3, 0.4) is 0 Å². The summed E-state index contributed by atoms with van der Waals surface area (Å²) in [6.45, 7) is 1.03. The number of carboxylic acids is 1. The van der Waals surface area contributed by atoms with Crippen LogP contribution in [0.5, 0.6) is 0 Å². The summed E-state index contributed by atoms with van der Waals surface area (Å²) in [6, 6.07) is 1.60. The molecule has 5 heteroatoms. The molecule has 1 aromatic heterocycles. The molecule has 2 heterocycles. The minimum atomic E-state index is -1.09. The van der Waals surface area contributed by atoms with Gasteiger partial charge in [-0.2, -0.15) is 0 Å². The van der Waals surface area contributed by atoms with Gasteiger partial charge in [0.05, 0.1) is 6.26 Å². The molecule has 0 spiro atoms. The van der Waals surface area contributed by atoms with Crippen molar-refractivity contribution >= 4 is 11.9 Å². The molecule has 5 nitrogen and oxygen atoms in total. The first-order valence-corrected chi connectivity index (χ1v) is 5.26. The zero-order valence-electron chi connectivity index (χ0n) is 8.81. The molecule has 16 heavy (non-hydrogen) atoms. The van der Waals surface area contributed by atoms with E-state index in [1.807, 2.05) is 0 Å². The quantitative estimate of drug-likeness (QED) is 0.842. The van der Waals surface area contributed by atoms with Crippen molar-refractivity contribution in [2.24, 2.45) is 0 Å². The van der Waals surface area contributed by atoms with Gasteiger partial charge in [0.15, 0.2) is 0 Å². The van der Waals surface area contributed by atoms with Crippen LogP contribution < -0.4 is 0 Å². The predicted octanol–water partition coefficient (Wildman–Crippen LogP) is 1.49. The highest BCUT2D eigenvalue weighted by atomic mass is 16.4. The number of nitrogens with zero attached hydrogens (tertiary/aromatic N) is 1. The zero-order valence-corrected chi connectivity index (χ0v) is 8.81. The maximum absolute atomic E-state index is 11.5. The van der Waals surface area contributed by atoms with Gasteiger partial charge in [0.25, 0.3) is 0 Å². The van der Waals surface area contributed by atoms with Gasteiger partial charge in [-0.3, -0.25) is 4.79 Å². The van der Waals surface area contributed by atoms with Crippen LogP contribution >= 0.6 is 0 Å². The molecule has 1 saturated heterocycles. The van der Waals surface area contributed by atoms with E-state index in [4.69, 9.17) is 9.52 Å². The third-order valence-corrected chi connectivity index (χ3v) is 2.72. The first kappa shape index (κ1) is 10.7. The summed E-state index contributed by atoms with van der Waals surface area (Å²) < 4.78 is 4.87. The number of carbonyl (C=O) groups is 2. The van der Waals surface area contributed by atoms with Crippen molar-refractivity contribution in [2.75, 3.05) is 6.54 Å². The van der Waals surface area contributed by atoms with Crippen LogP contribution in [0.15, 0.2) is 16.7 Å². The molecular formula is C11H13NO4. The van der Waals surface area contributed by atoms with Crippen molar-refractivity contribution in [1.29, 1.82) is 0 Å². The number of furan rings is 1. The number of hydrogen-bond donors (Lipinski definition) is 1. The smallest absolute Gasteiger partial charge is 0.372 e. The Kier molecular flexibility index (Phi) is 2.94. The largest absolute Gasteiger partial charge is 0.475 e. The average Bonchev–Trinajstić information content (AvgIpc) is 2.69. The maximum Gasteiger partial charge on any atom is 0.372 e. The van der Waals surface area contributed by atoms with Crippen LogP contribution in [-0.2, 0) is 11.3 Å². The molecule has 0 radical (unpaired) electrons. The molecule has 0 aromatic carbocycles. The van der Waals surface area contributed by atoms with Gasteiger partial charge in [-0.1, -0.05) is 0 Å². The van der Waals surface area contributed by atoms with E-state index < -0.39 is 5.97 Å². The van der Waals surface area contributed by atoms with Crippen LogP contribution in [0.25, 0.3) is 0 Å². The lowest BCUT2D eigenvalue weighted by Crippen LogP contribution is -2.34. The van der Waals surface area contributed by atoms with Crippen LogP contribution in [-0.4, -0.2) is 28.4 Å². The second-order valence-electron chi connectivity index (χ2n) is 3.85. The van der Waals surface area contributed by atoms with E-state index in [0.717, 1.165) is 12.8 Å². The van der Waals surface area contributed by atoms with E-state index in [2.05, 4.69) is 0 Å². The van der Waals surface area contributed by atoms with E-state index >= 15 is 0 Å². The number of hydrogen-bond acceptors (Lipinski definition) is 3. The minimum Gasteiger partial charge on any atom is -0.475 e. The van der Waals surface area contributed by atoms with E-state index in [1.165, 1.54) is 6.26 Å². The monoisotopic (exact) mass is 223 g/mol. The Morgan fingerprint density at radius 3 is 3.00 bits per heavy atom. The second kappa shape index (κ2) is 4.38. The Balaban J connectivity index is 2.10. The standard InChI is InChI=1S/C11H13NO4/c13-9-3-1-2-5-12(9)7-8-4-6-16-10(8)11(14)15/h4,6H,1-3,5,7H2,(H,14,15). The fraction of sp³-hybridized carbons (Fsp3) is 0.455. The summed E-state index contributed by atoms with van der Waals surface area (Å²) in [5.41, 5.74) is 0.558. The molecule has 1 fully saturated rings. The Hall–Kier alpha value is -1.78. The Bertz CT molecular complexity index is 410. The third-order valence-electron chi connectivity index (χ3n) is 2.72. The molecule has 86 valence electrons. The van der Waals surface area contributed by atoms with Crippen LogP contribution in [0.2, 0.25) is 0 Å². The molecular weight excluding hydrogens is 210 g/mol. The lowest BCUT2D eigenvalue weighted by molar-refractivity contribution is -0.133. The fourth-order valence-corrected chi connectivity index (χ4v) is 1.88. The topological polar surface area (TPSA) is 70.8 Å². The number of amides is 1. The molecule has 0 bridgehead atoms. The number of likely N-dealkylation sites (tertiary alicyclic amines) is 1. The van der Waals surface area contributed by atoms with Crippen molar-refractivity contribution in [3.8, 4) is 0 Å². The Morgan fingerprint density at radius 1 is 1.50 bits per heavy atom. The summed E-state index contributed by atoms with van der Waals surface area (Å²) in [5.74, 6) is -1.08. The summed E-state index contributed by atoms with van der Waals surface area (Å²) >= 11 is 0. The number of rotatable bonds is 3. The van der Waals surface area contributed by atoms with Crippen molar-refractivity contribution in [3.05, 3.63) is 23.7 Å². The highest BCUT2D eigenvalue weighted by molar-refractivity contribution is 5.86. The first-order chi connectivity index (χ1) is 7.68. The van der Waals surface area contributed by atoms with Gasteiger partial charge in [-0.25, -0.2) is 4.79 Å². The molecule has 1 N–H and O–H groups in total. The highest BCUT2D eigenvalue weighted by Crippen LogP contribution is 2.17. The number of piperidine rings is 1. The summed E-state index contributed by atoms with van der Waals surface area (Å²) in [7, 11) is 0. The first-order valence-electron chi connectivity index (χ1n) is 5.26. The zero-order chi connectivity index (χ0) is 11.5. The minimum absolute atomic E-state index is 0.0710. The molecule has 1 amide bonds. The molecule has 1 aromatic rings. The van der Waals surface area contributed by atoms with Gasteiger partial charge in [-0.15, -0.1) is 0 Å².